The lowest BCUT2D eigenvalue weighted by atomic mass is 10.0. The molecule has 6 heteroatoms. The molecule has 1 unspecified atom stereocenters. The number of carboxylic acids is 1. The molecule has 0 spiro atoms. The molecule has 0 saturated carbocycles. The first-order chi connectivity index (χ1) is 9.40. The molecular weight excluding hydrogens is 280 g/mol. The maximum atomic E-state index is 12.2. The van der Waals surface area contributed by atoms with Crippen LogP contribution in [0.25, 0.3) is 0 Å². The van der Waals surface area contributed by atoms with Crippen LogP contribution in [0.3, 0.4) is 0 Å². The third-order valence-corrected chi connectivity index (χ3v) is 3.99. The molecule has 1 aromatic carbocycles. The Morgan fingerprint density at radius 3 is 2.40 bits per heavy atom. The van der Waals surface area contributed by atoms with Gasteiger partial charge in [-0.05, 0) is 24.6 Å². The Balaban J connectivity index is 1.97. The Morgan fingerprint density at radius 2 is 1.90 bits per heavy atom. The summed E-state index contributed by atoms with van der Waals surface area (Å²) in [5.41, 5.74) is 0.987. The van der Waals surface area contributed by atoms with E-state index in [1.165, 1.54) is 0 Å². The highest BCUT2D eigenvalue weighted by Crippen LogP contribution is 2.24. The van der Waals surface area contributed by atoms with Crippen LogP contribution in [-0.2, 0) is 4.79 Å². The van der Waals surface area contributed by atoms with Gasteiger partial charge in [-0.2, -0.15) is 0 Å². The summed E-state index contributed by atoms with van der Waals surface area (Å²) in [5, 5.41) is 9.48. The third-order valence-electron chi connectivity index (χ3n) is 3.74. The van der Waals surface area contributed by atoms with Gasteiger partial charge in [-0.1, -0.05) is 23.7 Å². The van der Waals surface area contributed by atoms with Crippen LogP contribution >= 0.6 is 11.6 Å². The number of nitrogens with zero attached hydrogens (tertiary/aromatic N) is 2. The van der Waals surface area contributed by atoms with Crippen LogP contribution < -0.4 is 0 Å². The Bertz CT molecular complexity index is 512. The van der Waals surface area contributed by atoms with Crippen molar-refractivity contribution in [1.29, 1.82) is 0 Å². The number of aliphatic carboxylic acids is 1. The molecule has 1 N–H and O–H groups in total. The number of amides is 2. The van der Waals surface area contributed by atoms with E-state index in [4.69, 9.17) is 16.7 Å². The molecule has 1 saturated heterocycles. The van der Waals surface area contributed by atoms with Crippen LogP contribution in [0.2, 0.25) is 5.02 Å². The van der Waals surface area contributed by atoms with Crippen molar-refractivity contribution in [3.05, 3.63) is 34.9 Å². The second kappa shape index (κ2) is 5.71. The van der Waals surface area contributed by atoms with Crippen molar-refractivity contribution >= 4 is 23.6 Å². The van der Waals surface area contributed by atoms with E-state index >= 15 is 0 Å². The maximum Gasteiger partial charge on any atom is 0.320 e. The standard InChI is InChI=1S/C14H17ClN2O3/c1-9(10-3-5-12(15)6-4-10)16(2)14(20)17-7-11(8-17)13(18)19/h3-6,9,11H,7-8H2,1-2H3,(H,18,19). The van der Waals surface area contributed by atoms with E-state index in [9.17, 15) is 9.59 Å². The molecule has 0 aromatic heterocycles. The number of likely N-dealkylation sites (tertiary alicyclic amines) is 1. The van der Waals surface area contributed by atoms with Crippen molar-refractivity contribution in [3.63, 3.8) is 0 Å². The summed E-state index contributed by atoms with van der Waals surface area (Å²) in [7, 11) is 1.72. The number of carbonyl (C=O) groups is 2. The largest absolute Gasteiger partial charge is 0.481 e. The minimum Gasteiger partial charge on any atom is -0.481 e. The van der Waals surface area contributed by atoms with Crippen LogP contribution in [0.15, 0.2) is 24.3 Å². The zero-order valence-corrected chi connectivity index (χ0v) is 12.2. The lowest BCUT2D eigenvalue weighted by molar-refractivity contribution is -0.146. The van der Waals surface area contributed by atoms with Crippen molar-refractivity contribution < 1.29 is 14.7 Å². The fraction of sp³-hybridized carbons (Fsp3) is 0.429. The summed E-state index contributed by atoms with van der Waals surface area (Å²) in [6, 6.07) is 7.10. The molecule has 108 valence electrons. The van der Waals surface area contributed by atoms with E-state index in [-0.39, 0.29) is 25.2 Å². The first-order valence-electron chi connectivity index (χ1n) is 6.40. The van der Waals surface area contributed by atoms with Crippen LogP contribution in [0.4, 0.5) is 4.79 Å². The summed E-state index contributed by atoms with van der Waals surface area (Å²) < 4.78 is 0. The lowest BCUT2D eigenvalue weighted by Crippen LogP contribution is -2.56. The van der Waals surface area contributed by atoms with E-state index in [2.05, 4.69) is 0 Å². The fourth-order valence-electron chi connectivity index (χ4n) is 2.14. The molecule has 1 aromatic rings. The van der Waals surface area contributed by atoms with Gasteiger partial charge >= 0.3 is 12.0 Å². The Labute approximate surface area is 122 Å². The zero-order valence-electron chi connectivity index (χ0n) is 11.4. The van der Waals surface area contributed by atoms with Crippen LogP contribution in [-0.4, -0.2) is 47.0 Å². The van der Waals surface area contributed by atoms with Gasteiger partial charge < -0.3 is 14.9 Å². The van der Waals surface area contributed by atoms with E-state index in [1.807, 2.05) is 19.1 Å². The van der Waals surface area contributed by atoms with Crippen molar-refractivity contribution in [1.82, 2.24) is 9.80 Å². The molecule has 2 rings (SSSR count). The first-order valence-corrected chi connectivity index (χ1v) is 6.78. The van der Waals surface area contributed by atoms with Crippen molar-refractivity contribution in [2.24, 2.45) is 5.92 Å². The predicted molar refractivity (Wildman–Crippen MR) is 75.7 cm³/mol. The Morgan fingerprint density at radius 1 is 1.35 bits per heavy atom. The second-order valence-electron chi connectivity index (χ2n) is 5.06. The topological polar surface area (TPSA) is 60.9 Å². The number of halogens is 1. The van der Waals surface area contributed by atoms with E-state index < -0.39 is 11.9 Å². The minimum atomic E-state index is -0.845. The van der Waals surface area contributed by atoms with Gasteiger partial charge in [0.2, 0.25) is 0 Å². The van der Waals surface area contributed by atoms with Crippen LogP contribution in [0.1, 0.15) is 18.5 Å². The molecule has 0 radical (unpaired) electrons. The maximum absolute atomic E-state index is 12.2. The molecule has 20 heavy (non-hydrogen) atoms. The number of rotatable bonds is 3. The Hall–Kier alpha value is -1.75. The summed E-state index contributed by atoms with van der Waals surface area (Å²) in [4.78, 5) is 26.1. The number of hydrogen-bond donors (Lipinski definition) is 1. The number of urea groups is 1. The molecule has 1 atom stereocenters. The number of hydrogen-bond acceptors (Lipinski definition) is 2. The number of carboxylic acid groups (broad SMARTS) is 1. The molecule has 1 aliphatic rings. The highest BCUT2D eigenvalue weighted by atomic mass is 35.5. The van der Waals surface area contributed by atoms with Gasteiger partial charge in [0.1, 0.15) is 0 Å². The molecule has 0 aliphatic carbocycles. The summed E-state index contributed by atoms with van der Waals surface area (Å²) in [6.07, 6.45) is 0. The smallest absolute Gasteiger partial charge is 0.320 e. The zero-order chi connectivity index (χ0) is 14.9. The highest BCUT2D eigenvalue weighted by Gasteiger charge is 2.37. The van der Waals surface area contributed by atoms with E-state index in [0.29, 0.717) is 5.02 Å². The van der Waals surface area contributed by atoms with Crippen LogP contribution in [0.5, 0.6) is 0 Å². The average Bonchev–Trinajstić information content (AvgIpc) is 2.35. The third kappa shape index (κ3) is 2.88. The summed E-state index contributed by atoms with van der Waals surface area (Å²) >= 11 is 5.84. The monoisotopic (exact) mass is 296 g/mol. The molecule has 5 nitrogen and oxygen atoms in total. The van der Waals surface area contributed by atoms with Crippen molar-refractivity contribution in [3.8, 4) is 0 Å². The highest BCUT2D eigenvalue weighted by molar-refractivity contribution is 6.30. The van der Waals surface area contributed by atoms with Gasteiger partial charge in [0.05, 0.1) is 12.0 Å². The van der Waals surface area contributed by atoms with Gasteiger partial charge in [0, 0.05) is 25.2 Å². The molecule has 1 fully saturated rings. The molecular formula is C14H17ClN2O3. The average molecular weight is 297 g/mol. The van der Waals surface area contributed by atoms with Gasteiger partial charge in [0.15, 0.2) is 0 Å². The van der Waals surface area contributed by atoms with Gasteiger partial charge in [-0.15, -0.1) is 0 Å². The predicted octanol–water partition coefficient (Wildman–Crippen LogP) is 2.47. The minimum absolute atomic E-state index is 0.0938. The van der Waals surface area contributed by atoms with E-state index in [0.717, 1.165) is 5.56 Å². The molecule has 1 aliphatic heterocycles. The normalized spacial score (nSPS) is 16.4. The number of benzene rings is 1. The molecule has 0 bridgehead atoms. The summed E-state index contributed by atoms with van der Waals surface area (Å²) in [6.45, 7) is 2.49. The summed E-state index contributed by atoms with van der Waals surface area (Å²) in [5.74, 6) is -1.28. The quantitative estimate of drug-likeness (QED) is 0.932. The van der Waals surface area contributed by atoms with Crippen LogP contribution in [0, 0.1) is 5.92 Å². The number of carbonyl (C=O) groups excluding carboxylic acids is 1. The SMILES string of the molecule is CC(c1ccc(Cl)cc1)N(C)C(=O)N1CC(C(=O)O)C1. The van der Waals surface area contributed by atoms with Gasteiger partial charge in [-0.25, -0.2) is 4.79 Å². The Kier molecular flexibility index (Phi) is 4.18. The molecule has 1 heterocycles. The van der Waals surface area contributed by atoms with Crippen molar-refractivity contribution in [2.45, 2.75) is 13.0 Å². The van der Waals surface area contributed by atoms with Gasteiger partial charge in [0.25, 0.3) is 0 Å². The van der Waals surface area contributed by atoms with E-state index in [1.54, 1.807) is 29.0 Å². The lowest BCUT2D eigenvalue weighted by Gasteiger charge is -2.40. The van der Waals surface area contributed by atoms with Gasteiger partial charge in [-0.3, -0.25) is 4.79 Å². The molecule has 2 amide bonds. The second-order valence-corrected chi connectivity index (χ2v) is 5.50. The first kappa shape index (κ1) is 14.7. The fourth-order valence-corrected chi connectivity index (χ4v) is 2.27. The van der Waals surface area contributed by atoms with Crippen molar-refractivity contribution in [2.75, 3.05) is 20.1 Å².